The van der Waals surface area contributed by atoms with Crippen LogP contribution in [0.2, 0.25) is 5.02 Å². The fourth-order valence-corrected chi connectivity index (χ4v) is 3.77. The van der Waals surface area contributed by atoms with Crippen LogP contribution in [0.5, 0.6) is 0 Å². The zero-order valence-electron chi connectivity index (χ0n) is 14.4. The summed E-state index contributed by atoms with van der Waals surface area (Å²) in [5.41, 5.74) is 1.91. The van der Waals surface area contributed by atoms with Gasteiger partial charge in [0.2, 0.25) is 11.8 Å². The molecular weight excluding hydrogens is 386 g/mol. The van der Waals surface area contributed by atoms with Crippen LogP contribution in [0.25, 0.3) is 0 Å². The van der Waals surface area contributed by atoms with Gasteiger partial charge in [-0.15, -0.1) is 0 Å². The first-order valence-electron chi connectivity index (χ1n) is 8.14. The Kier molecular flexibility index (Phi) is 5.89. The normalized spacial score (nSPS) is 16.6. The topological polar surface area (TPSA) is 95.1 Å². The van der Waals surface area contributed by atoms with E-state index in [9.17, 15) is 14.9 Å². The number of hydrogen-bond acceptors (Lipinski definition) is 5. The maximum Gasteiger partial charge on any atom is 0.234 e. The summed E-state index contributed by atoms with van der Waals surface area (Å²) in [7, 11) is 0. The third-order valence-electron chi connectivity index (χ3n) is 4.06. The largest absolute Gasteiger partial charge is 0.469 e. The van der Waals surface area contributed by atoms with Gasteiger partial charge in [0.25, 0.3) is 0 Å². The number of nitrogens with zero attached hydrogens (tertiary/aromatic N) is 1. The molecule has 3 rings (SSSR count). The molecule has 0 spiro atoms. The van der Waals surface area contributed by atoms with Gasteiger partial charge in [-0.1, -0.05) is 29.4 Å². The van der Waals surface area contributed by atoms with Crippen molar-refractivity contribution in [2.45, 2.75) is 19.3 Å². The number of aryl methyl sites for hydroxylation is 1. The zero-order chi connectivity index (χ0) is 19.4. The number of carbonyl (C=O) groups is 2. The lowest BCUT2D eigenvalue weighted by molar-refractivity contribution is -0.121. The first kappa shape index (κ1) is 19.1. The summed E-state index contributed by atoms with van der Waals surface area (Å²) in [5.74, 6) is -0.330. The molecule has 0 aliphatic carbocycles. The molecule has 1 aliphatic heterocycles. The van der Waals surface area contributed by atoms with Crippen LogP contribution in [0.3, 0.4) is 0 Å². The molecule has 1 aromatic heterocycles. The molecule has 0 saturated carbocycles. The molecule has 2 N–H and O–H groups in total. The van der Waals surface area contributed by atoms with Gasteiger partial charge in [-0.3, -0.25) is 9.59 Å². The van der Waals surface area contributed by atoms with Crippen molar-refractivity contribution in [3.63, 3.8) is 0 Å². The van der Waals surface area contributed by atoms with Crippen LogP contribution < -0.4 is 10.6 Å². The Labute approximate surface area is 165 Å². The van der Waals surface area contributed by atoms with E-state index in [0.29, 0.717) is 27.1 Å². The van der Waals surface area contributed by atoms with Gasteiger partial charge in [-0.05, 0) is 36.8 Å². The van der Waals surface area contributed by atoms with Crippen molar-refractivity contribution in [3.8, 4) is 6.07 Å². The maximum atomic E-state index is 12.3. The molecule has 2 amide bonds. The van der Waals surface area contributed by atoms with Crippen molar-refractivity contribution in [1.29, 1.82) is 5.26 Å². The summed E-state index contributed by atoms with van der Waals surface area (Å²) in [5, 5.41) is 15.9. The van der Waals surface area contributed by atoms with E-state index in [0.717, 1.165) is 17.3 Å². The number of anilines is 1. The van der Waals surface area contributed by atoms with Crippen LogP contribution in [-0.2, 0) is 9.59 Å². The number of hydrogen-bond donors (Lipinski definition) is 2. The van der Waals surface area contributed by atoms with E-state index in [2.05, 4.69) is 16.7 Å². The summed E-state index contributed by atoms with van der Waals surface area (Å²) in [6, 6.07) is 10.8. The SMILES string of the molecule is Cc1ccc(Cl)cc1NC(=O)CSC1=C(C#N)[C@H](c2ccco2)CC(=O)N1. The number of halogens is 1. The van der Waals surface area contributed by atoms with Crippen LogP contribution in [-0.4, -0.2) is 17.6 Å². The van der Waals surface area contributed by atoms with Crippen LogP contribution in [0.15, 0.2) is 51.6 Å². The van der Waals surface area contributed by atoms with Gasteiger partial charge in [-0.25, -0.2) is 0 Å². The van der Waals surface area contributed by atoms with Gasteiger partial charge < -0.3 is 15.1 Å². The third kappa shape index (κ3) is 4.54. The second kappa shape index (κ2) is 8.33. The van der Waals surface area contributed by atoms with E-state index in [1.165, 1.54) is 6.26 Å². The number of thioether (sulfide) groups is 1. The smallest absolute Gasteiger partial charge is 0.234 e. The lowest BCUT2D eigenvalue weighted by Gasteiger charge is -2.23. The van der Waals surface area contributed by atoms with Crippen LogP contribution >= 0.6 is 23.4 Å². The van der Waals surface area contributed by atoms with E-state index < -0.39 is 5.92 Å². The number of rotatable bonds is 5. The Bertz CT molecular complexity index is 948. The summed E-state index contributed by atoms with van der Waals surface area (Å²) in [6.07, 6.45) is 1.64. The van der Waals surface area contributed by atoms with Crippen molar-refractivity contribution < 1.29 is 14.0 Å². The standard InChI is InChI=1S/C19H16ClN3O3S/c1-11-4-5-12(20)7-15(11)22-18(25)10-27-19-14(9-21)13(8-17(24)23-19)16-3-2-6-26-16/h2-7,13H,8,10H2,1H3,(H,22,25)(H,23,24)/t13-/m1/s1. The van der Waals surface area contributed by atoms with Gasteiger partial charge in [-0.2, -0.15) is 5.26 Å². The molecule has 138 valence electrons. The Balaban J connectivity index is 1.73. The predicted molar refractivity (Wildman–Crippen MR) is 104 cm³/mol. The number of nitriles is 1. The monoisotopic (exact) mass is 401 g/mol. The first-order chi connectivity index (χ1) is 13.0. The van der Waals surface area contributed by atoms with Gasteiger partial charge in [0.15, 0.2) is 0 Å². The summed E-state index contributed by atoms with van der Waals surface area (Å²) >= 11 is 7.07. The number of allylic oxidation sites excluding steroid dienone is 1. The Morgan fingerprint density at radius 3 is 3.00 bits per heavy atom. The molecule has 2 aromatic rings. The molecular formula is C19H16ClN3O3S. The molecule has 1 atom stereocenters. The van der Waals surface area contributed by atoms with Gasteiger partial charge in [0.05, 0.1) is 34.6 Å². The Morgan fingerprint density at radius 1 is 1.48 bits per heavy atom. The first-order valence-corrected chi connectivity index (χ1v) is 9.50. The molecule has 1 aliphatic rings. The van der Waals surface area contributed by atoms with Crippen molar-refractivity contribution in [2.75, 3.05) is 11.1 Å². The fraction of sp³-hybridized carbons (Fsp3) is 0.211. The number of benzene rings is 1. The predicted octanol–water partition coefficient (Wildman–Crippen LogP) is 3.95. The second-order valence-electron chi connectivity index (χ2n) is 5.97. The number of nitrogens with one attached hydrogen (secondary N) is 2. The van der Waals surface area contributed by atoms with Crippen LogP contribution in [0, 0.1) is 18.3 Å². The zero-order valence-corrected chi connectivity index (χ0v) is 16.0. The third-order valence-corrected chi connectivity index (χ3v) is 5.32. The molecule has 0 saturated heterocycles. The van der Waals surface area contributed by atoms with Crippen molar-refractivity contribution in [2.24, 2.45) is 0 Å². The highest BCUT2D eigenvalue weighted by atomic mass is 35.5. The summed E-state index contributed by atoms with van der Waals surface area (Å²) in [6.45, 7) is 1.87. The molecule has 0 unspecified atom stereocenters. The fourth-order valence-electron chi connectivity index (χ4n) is 2.72. The van der Waals surface area contributed by atoms with Gasteiger partial charge >= 0.3 is 0 Å². The minimum absolute atomic E-state index is 0.0393. The Morgan fingerprint density at radius 2 is 2.30 bits per heavy atom. The highest BCUT2D eigenvalue weighted by Gasteiger charge is 2.31. The van der Waals surface area contributed by atoms with Crippen molar-refractivity contribution in [3.05, 3.63) is 63.5 Å². The Hall–Kier alpha value is -2.69. The van der Waals surface area contributed by atoms with Crippen LogP contribution in [0.1, 0.15) is 23.7 Å². The molecule has 1 aromatic carbocycles. The lowest BCUT2D eigenvalue weighted by Crippen LogP contribution is -2.31. The quantitative estimate of drug-likeness (QED) is 0.790. The number of amides is 2. The van der Waals surface area contributed by atoms with Crippen LogP contribution in [0.4, 0.5) is 5.69 Å². The molecule has 0 radical (unpaired) electrons. The average molecular weight is 402 g/mol. The minimum atomic E-state index is -0.445. The van der Waals surface area contributed by atoms with Crippen molar-refractivity contribution in [1.82, 2.24) is 5.32 Å². The average Bonchev–Trinajstić information content (AvgIpc) is 3.17. The number of furan rings is 1. The van der Waals surface area contributed by atoms with E-state index >= 15 is 0 Å². The van der Waals surface area contributed by atoms with E-state index in [1.54, 1.807) is 24.3 Å². The number of carbonyl (C=O) groups excluding carboxylic acids is 2. The summed E-state index contributed by atoms with van der Waals surface area (Å²) < 4.78 is 5.36. The molecule has 0 bridgehead atoms. The molecule has 27 heavy (non-hydrogen) atoms. The molecule has 0 fully saturated rings. The molecule has 6 nitrogen and oxygen atoms in total. The second-order valence-corrected chi connectivity index (χ2v) is 7.39. The maximum absolute atomic E-state index is 12.3. The molecule has 8 heteroatoms. The molecule has 2 heterocycles. The minimum Gasteiger partial charge on any atom is -0.469 e. The van der Waals surface area contributed by atoms with Gasteiger partial charge in [0.1, 0.15) is 5.76 Å². The van der Waals surface area contributed by atoms with Gasteiger partial charge in [0, 0.05) is 17.1 Å². The van der Waals surface area contributed by atoms with E-state index in [1.807, 2.05) is 13.0 Å². The lowest BCUT2D eigenvalue weighted by atomic mass is 9.92. The highest BCUT2D eigenvalue weighted by molar-refractivity contribution is 8.03. The van der Waals surface area contributed by atoms with E-state index in [-0.39, 0.29) is 24.0 Å². The van der Waals surface area contributed by atoms with E-state index in [4.69, 9.17) is 16.0 Å². The van der Waals surface area contributed by atoms with Crippen molar-refractivity contribution >= 4 is 40.9 Å². The summed E-state index contributed by atoms with van der Waals surface area (Å²) in [4.78, 5) is 24.3. The highest BCUT2D eigenvalue weighted by Crippen LogP contribution is 2.36.